The van der Waals surface area contributed by atoms with Crippen LogP contribution in [0.3, 0.4) is 0 Å². The lowest BCUT2D eigenvalue weighted by Crippen LogP contribution is -2.05. The highest BCUT2D eigenvalue weighted by Gasteiger charge is 1.94. The standard InChI is InChI=1S/C5H9NO4/c7-3-5-10-4-1-2-6(8)9/h3H,1-2,4-5H2. The van der Waals surface area contributed by atoms with Crippen molar-refractivity contribution in [3.63, 3.8) is 0 Å². The number of carbonyl (C=O) groups excluding carboxylic acids is 1. The van der Waals surface area contributed by atoms with Crippen LogP contribution in [0.1, 0.15) is 6.42 Å². The summed E-state index contributed by atoms with van der Waals surface area (Å²) < 4.78 is 4.66. The van der Waals surface area contributed by atoms with Crippen LogP contribution >= 0.6 is 0 Å². The molecule has 0 fully saturated rings. The number of rotatable bonds is 6. The van der Waals surface area contributed by atoms with E-state index < -0.39 is 4.92 Å². The number of aldehydes is 1. The average molecular weight is 147 g/mol. The van der Waals surface area contributed by atoms with Crippen LogP contribution in [0, 0.1) is 10.1 Å². The van der Waals surface area contributed by atoms with Crippen LogP contribution in [-0.4, -0.2) is 31.0 Å². The molecule has 0 saturated heterocycles. The van der Waals surface area contributed by atoms with E-state index in [1.165, 1.54) is 0 Å². The molecule has 0 rings (SSSR count). The number of hydrogen-bond donors (Lipinski definition) is 0. The third-order valence-electron chi connectivity index (χ3n) is 0.815. The average Bonchev–Trinajstić information content (AvgIpc) is 1.87. The molecule has 0 bridgehead atoms. The monoisotopic (exact) mass is 147 g/mol. The van der Waals surface area contributed by atoms with Gasteiger partial charge in [0.1, 0.15) is 12.9 Å². The van der Waals surface area contributed by atoms with E-state index in [0.29, 0.717) is 12.7 Å². The van der Waals surface area contributed by atoms with Crippen molar-refractivity contribution in [2.75, 3.05) is 19.8 Å². The molecule has 0 aromatic rings. The zero-order valence-corrected chi connectivity index (χ0v) is 5.49. The first-order valence-corrected chi connectivity index (χ1v) is 2.90. The van der Waals surface area contributed by atoms with E-state index in [4.69, 9.17) is 0 Å². The molecule has 0 amide bonds. The molecule has 58 valence electrons. The van der Waals surface area contributed by atoms with E-state index >= 15 is 0 Å². The molecule has 5 heteroatoms. The van der Waals surface area contributed by atoms with Crippen molar-refractivity contribution in [2.24, 2.45) is 0 Å². The van der Waals surface area contributed by atoms with Gasteiger partial charge < -0.3 is 9.53 Å². The van der Waals surface area contributed by atoms with Gasteiger partial charge in [-0.2, -0.15) is 0 Å². The fourth-order valence-corrected chi connectivity index (χ4v) is 0.427. The van der Waals surface area contributed by atoms with Crippen LogP contribution in [0.2, 0.25) is 0 Å². The van der Waals surface area contributed by atoms with Crippen LogP contribution < -0.4 is 0 Å². The van der Waals surface area contributed by atoms with E-state index in [-0.39, 0.29) is 19.8 Å². The zero-order valence-electron chi connectivity index (χ0n) is 5.49. The Hall–Kier alpha value is -0.970. The number of nitrogens with zero attached hydrogens (tertiary/aromatic N) is 1. The molecule has 0 saturated carbocycles. The zero-order chi connectivity index (χ0) is 7.82. The summed E-state index contributed by atoms with van der Waals surface area (Å²) in [6, 6.07) is 0. The molecule has 0 radical (unpaired) electrons. The van der Waals surface area contributed by atoms with Crippen LogP contribution in [0.25, 0.3) is 0 Å². The summed E-state index contributed by atoms with van der Waals surface area (Å²) in [6.45, 7) is 0.205. The second-order valence-corrected chi connectivity index (χ2v) is 1.65. The Bertz CT molecular complexity index is 114. The molecule has 0 aliphatic carbocycles. The van der Waals surface area contributed by atoms with Crippen LogP contribution in [0.5, 0.6) is 0 Å². The second-order valence-electron chi connectivity index (χ2n) is 1.65. The lowest BCUT2D eigenvalue weighted by Gasteiger charge is -1.94. The van der Waals surface area contributed by atoms with Gasteiger partial charge in [-0.05, 0) is 0 Å². The summed E-state index contributed by atoms with van der Waals surface area (Å²) in [5.74, 6) is 0. The minimum Gasteiger partial charge on any atom is -0.374 e. The van der Waals surface area contributed by atoms with Gasteiger partial charge in [-0.3, -0.25) is 10.1 Å². The molecule has 0 spiro atoms. The highest BCUT2D eigenvalue weighted by Crippen LogP contribution is 1.81. The Kier molecular flexibility index (Phi) is 5.56. The van der Waals surface area contributed by atoms with Crippen molar-refractivity contribution in [1.82, 2.24) is 0 Å². The van der Waals surface area contributed by atoms with Crippen LogP contribution in [-0.2, 0) is 9.53 Å². The van der Waals surface area contributed by atoms with Gasteiger partial charge in [0.2, 0.25) is 6.54 Å². The third-order valence-corrected chi connectivity index (χ3v) is 0.815. The number of ether oxygens (including phenoxy) is 1. The van der Waals surface area contributed by atoms with Crippen LogP contribution in [0.15, 0.2) is 0 Å². The fourth-order valence-electron chi connectivity index (χ4n) is 0.427. The highest BCUT2D eigenvalue weighted by molar-refractivity contribution is 5.50. The van der Waals surface area contributed by atoms with Gasteiger partial charge in [0.25, 0.3) is 0 Å². The molecule has 0 N–H and O–H groups in total. The molecule has 5 nitrogen and oxygen atoms in total. The Morgan fingerprint density at radius 1 is 1.60 bits per heavy atom. The lowest BCUT2D eigenvalue weighted by molar-refractivity contribution is -0.480. The Labute approximate surface area is 58.1 Å². The molecular weight excluding hydrogens is 138 g/mol. The topological polar surface area (TPSA) is 69.4 Å². The Balaban J connectivity index is 2.90. The molecule has 0 unspecified atom stereocenters. The van der Waals surface area contributed by atoms with Gasteiger partial charge in [0.05, 0.1) is 6.61 Å². The number of hydrogen-bond acceptors (Lipinski definition) is 4. The predicted molar refractivity (Wildman–Crippen MR) is 33.4 cm³/mol. The maximum absolute atomic E-state index is 9.71. The van der Waals surface area contributed by atoms with E-state index in [0.717, 1.165) is 0 Å². The van der Waals surface area contributed by atoms with E-state index in [1.54, 1.807) is 0 Å². The summed E-state index contributed by atoms with van der Waals surface area (Å²) in [4.78, 5) is 18.9. The molecule has 0 heterocycles. The lowest BCUT2D eigenvalue weighted by atomic mass is 10.5. The van der Waals surface area contributed by atoms with Gasteiger partial charge in [0, 0.05) is 11.3 Å². The molecular formula is C5H9NO4. The molecule has 10 heavy (non-hydrogen) atoms. The van der Waals surface area contributed by atoms with Crippen molar-refractivity contribution in [3.05, 3.63) is 10.1 Å². The largest absolute Gasteiger partial charge is 0.374 e. The van der Waals surface area contributed by atoms with Gasteiger partial charge in [-0.25, -0.2) is 0 Å². The van der Waals surface area contributed by atoms with Crippen molar-refractivity contribution in [3.8, 4) is 0 Å². The molecule has 0 atom stereocenters. The maximum Gasteiger partial charge on any atom is 0.206 e. The first-order chi connectivity index (χ1) is 4.77. The smallest absolute Gasteiger partial charge is 0.206 e. The second kappa shape index (κ2) is 6.15. The van der Waals surface area contributed by atoms with Gasteiger partial charge in [-0.15, -0.1) is 0 Å². The Morgan fingerprint density at radius 3 is 2.80 bits per heavy atom. The predicted octanol–water partition coefficient (Wildman–Crippen LogP) is -0.131. The first-order valence-electron chi connectivity index (χ1n) is 2.90. The van der Waals surface area contributed by atoms with Crippen molar-refractivity contribution >= 4 is 6.29 Å². The minimum atomic E-state index is -0.412. The molecule has 0 aliphatic rings. The summed E-state index contributed by atoms with van der Waals surface area (Å²) in [6.07, 6.45) is 0.979. The van der Waals surface area contributed by atoms with Crippen molar-refractivity contribution in [2.45, 2.75) is 6.42 Å². The summed E-state index contributed by atoms with van der Waals surface area (Å²) in [5, 5.41) is 9.71. The molecule has 0 aromatic heterocycles. The number of carbonyl (C=O) groups is 1. The normalized spacial score (nSPS) is 9.20. The maximum atomic E-state index is 9.71. The summed E-state index contributed by atoms with van der Waals surface area (Å²) >= 11 is 0. The minimum absolute atomic E-state index is 0.0255. The summed E-state index contributed by atoms with van der Waals surface area (Å²) in [7, 11) is 0. The van der Waals surface area contributed by atoms with E-state index in [2.05, 4.69) is 4.74 Å². The van der Waals surface area contributed by atoms with Crippen molar-refractivity contribution < 1.29 is 14.5 Å². The van der Waals surface area contributed by atoms with Crippen LogP contribution in [0.4, 0.5) is 0 Å². The summed E-state index contributed by atoms with van der Waals surface area (Å²) in [5.41, 5.74) is 0. The first kappa shape index (κ1) is 9.03. The van der Waals surface area contributed by atoms with Crippen molar-refractivity contribution in [1.29, 1.82) is 0 Å². The van der Waals surface area contributed by atoms with E-state index in [9.17, 15) is 14.9 Å². The van der Waals surface area contributed by atoms with E-state index in [1.807, 2.05) is 0 Å². The number of nitro groups is 1. The SMILES string of the molecule is O=CCOCCC[N+](=O)[O-]. The van der Waals surface area contributed by atoms with Gasteiger partial charge in [-0.1, -0.05) is 0 Å². The third kappa shape index (κ3) is 7.03. The molecule has 0 aliphatic heterocycles. The van der Waals surface area contributed by atoms with Gasteiger partial charge >= 0.3 is 0 Å². The fraction of sp³-hybridized carbons (Fsp3) is 0.800. The molecule has 0 aromatic carbocycles. The highest BCUT2D eigenvalue weighted by atomic mass is 16.6. The van der Waals surface area contributed by atoms with Gasteiger partial charge in [0.15, 0.2) is 0 Å². The quantitative estimate of drug-likeness (QED) is 0.227. The Morgan fingerprint density at radius 2 is 2.30 bits per heavy atom.